The number of hydrogen-bond donors (Lipinski definition) is 3. The minimum absolute atomic E-state index is 0.104. The Labute approximate surface area is 102 Å². The smallest absolute Gasteiger partial charge is 0.338 e. The second-order valence-electron chi connectivity index (χ2n) is 3.78. The molecule has 96 valence electrons. The van der Waals surface area contributed by atoms with Gasteiger partial charge in [-0.15, -0.1) is 0 Å². The summed E-state index contributed by atoms with van der Waals surface area (Å²) in [5, 5.41) is 9.51. The van der Waals surface area contributed by atoms with Gasteiger partial charge in [-0.05, 0) is 23.8 Å². The van der Waals surface area contributed by atoms with Gasteiger partial charge in [-0.1, -0.05) is 12.1 Å². The van der Waals surface area contributed by atoms with Gasteiger partial charge in [0.25, 0.3) is 0 Å². The van der Waals surface area contributed by atoms with Gasteiger partial charge in [0, 0.05) is 0 Å². The van der Waals surface area contributed by atoms with E-state index in [1.165, 1.54) is 12.1 Å². The lowest BCUT2D eigenvalue weighted by Crippen LogP contribution is -2.35. The van der Waals surface area contributed by atoms with E-state index in [0.717, 1.165) is 5.56 Å². The predicted molar refractivity (Wildman–Crippen MR) is 59.5 cm³/mol. The lowest BCUT2D eigenvalue weighted by Gasteiger charge is -2.11. The monoisotopic (exact) mass is 253 g/mol. The van der Waals surface area contributed by atoms with Crippen molar-refractivity contribution < 1.29 is 19.2 Å². The number of halogens is 1. The van der Waals surface area contributed by atoms with Crippen molar-refractivity contribution in [3.05, 3.63) is 47.4 Å². The van der Waals surface area contributed by atoms with Crippen LogP contribution in [0.1, 0.15) is 11.7 Å². The van der Waals surface area contributed by atoms with Gasteiger partial charge in [-0.2, -0.15) is 0 Å². The number of nitrogens with one attached hydrogen (secondary N) is 1. The molecule has 0 aliphatic carbocycles. The number of nitrogens with zero attached hydrogens (tertiary/aromatic N) is 1. The molecule has 7 heteroatoms. The molecule has 2 amide bonds. The number of hydrogen-bond acceptors (Lipinski definition) is 4. The van der Waals surface area contributed by atoms with Crippen molar-refractivity contribution in [3.63, 3.8) is 0 Å². The van der Waals surface area contributed by atoms with E-state index in [9.17, 15) is 9.18 Å². The molecule has 0 saturated heterocycles. The standard InChI is InChI=1S/C11H12FN3O3/c12-8-3-1-7(2-4-8)10-5-9(14-18-10)6-15(17)11(13)16/h1-5,10,14,17H,6H2,(H2,13,16). The van der Waals surface area contributed by atoms with Crippen molar-refractivity contribution in [2.45, 2.75) is 6.10 Å². The number of amides is 2. The van der Waals surface area contributed by atoms with Gasteiger partial charge in [0.1, 0.15) is 11.9 Å². The van der Waals surface area contributed by atoms with E-state index in [0.29, 0.717) is 10.8 Å². The van der Waals surface area contributed by atoms with Gasteiger partial charge >= 0.3 is 6.03 Å². The third-order valence-electron chi connectivity index (χ3n) is 2.44. The molecule has 1 aromatic carbocycles. The normalized spacial score (nSPS) is 18.1. The SMILES string of the molecule is NC(=O)N(O)CC1=CC(c2ccc(F)cc2)ON1. The van der Waals surface area contributed by atoms with Crippen molar-refractivity contribution in [2.75, 3.05) is 6.54 Å². The molecule has 1 aromatic rings. The van der Waals surface area contributed by atoms with E-state index < -0.39 is 12.1 Å². The molecule has 0 radical (unpaired) electrons. The summed E-state index contributed by atoms with van der Waals surface area (Å²) in [6.45, 7) is -0.104. The van der Waals surface area contributed by atoms with E-state index in [1.54, 1.807) is 18.2 Å². The van der Waals surface area contributed by atoms with Crippen molar-refractivity contribution in [1.29, 1.82) is 0 Å². The van der Waals surface area contributed by atoms with Crippen LogP contribution in [0.5, 0.6) is 0 Å². The Morgan fingerprint density at radius 1 is 1.50 bits per heavy atom. The Bertz CT molecular complexity index is 475. The molecule has 0 aromatic heterocycles. The van der Waals surface area contributed by atoms with Crippen LogP contribution >= 0.6 is 0 Å². The summed E-state index contributed by atoms with van der Waals surface area (Å²) in [5.74, 6) is -0.329. The third kappa shape index (κ3) is 2.76. The van der Waals surface area contributed by atoms with Crippen LogP contribution in [-0.2, 0) is 4.84 Å². The number of benzene rings is 1. The van der Waals surface area contributed by atoms with Gasteiger partial charge in [0.2, 0.25) is 0 Å². The van der Waals surface area contributed by atoms with Crippen molar-refractivity contribution in [1.82, 2.24) is 10.5 Å². The number of primary amides is 1. The number of nitrogens with two attached hydrogens (primary N) is 1. The van der Waals surface area contributed by atoms with E-state index in [-0.39, 0.29) is 12.4 Å². The molecule has 0 bridgehead atoms. The zero-order chi connectivity index (χ0) is 13.1. The fourth-order valence-corrected chi connectivity index (χ4v) is 1.53. The minimum Gasteiger partial charge on any atom is -0.350 e. The maximum absolute atomic E-state index is 12.7. The molecule has 1 atom stereocenters. The highest BCUT2D eigenvalue weighted by Gasteiger charge is 2.20. The predicted octanol–water partition coefficient (Wildman–Crippen LogP) is 1.06. The summed E-state index contributed by atoms with van der Waals surface area (Å²) >= 11 is 0. The van der Waals surface area contributed by atoms with Crippen LogP contribution in [0, 0.1) is 5.82 Å². The van der Waals surface area contributed by atoms with Crippen molar-refractivity contribution in [3.8, 4) is 0 Å². The highest BCUT2D eigenvalue weighted by molar-refractivity contribution is 5.70. The molecule has 0 saturated carbocycles. The number of carbonyl (C=O) groups is 1. The lowest BCUT2D eigenvalue weighted by atomic mass is 10.1. The van der Waals surface area contributed by atoms with Gasteiger partial charge in [-0.25, -0.2) is 14.2 Å². The van der Waals surface area contributed by atoms with Crippen molar-refractivity contribution in [2.24, 2.45) is 5.73 Å². The highest BCUT2D eigenvalue weighted by atomic mass is 19.1. The summed E-state index contributed by atoms with van der Waals surface area (Å²) in [6, 6.07) is 4.87. The van der Waals surface area contributed by atoms with Gasteiger partial charge in [-0.3, -0.25) is 15.5 Å². The Hall–Kier alpha value is -2.12. The Morgan fingerprint density at radius 3 is 2.78 bits per heavy atom. The molecule has 4 N–H and O–H groups in total. The van der Waals surface area contributed by atoms with Crippen LogP contribution < -0.4 is 11.2 Å². The molecule has 6 nitrogen and oxygen atoms in total. The second kappa shape index (κ2) is 5.03. The van der Waals surface area contributed by atoms with E-state index in [2.05, 4.69) is 5.48 Å². The topological polar surface area (TPSA) is 87.8 Å². The quantitative estimate of drug-likeness (QED) is 0.555. The Morgan fingerprint density at radius 2 is 2.17 bits per heavy atom. The summed E-state index contributed by atoms with van der Waals surface area (Å²) in [6.07, 6.45) is 1.27. The van der Waals surface area contributed by atoms with Crippen LogP contribution in [0.3, 0.4) is 0 Å². The molecule has 1 unspecified atom stereocenters. The number of urea groups is 1. The molecular formula is C11H12FN3O3. The van der Waals surface area contributed by atoms with Crippen LogP contribution in [0.15, 0.2) is 36.0 Å². The Kier molecular flexibility index (Phi) is 3.45. The first-order valence-corrected chi connectivity index (χ1v) is 5.20. The van der Waals surface area contributed by atoms with Gasteiger partial charge < -0.3 is 5.73 Å². The molecule has 1 aliphatic rings. The lowest BCUT2D eigenvalue weighted by molar-refractivity contribution is -0.0379. The summed E-state index contributed by atoms with van der Waals surface area (Å²) < 4.78 is 12.7. The first-order chi connectivity index (χ1) is 8.56. The molecule has 0 spiro atoms. The molecule has 18 heavy (non-hydrogen) atoms. The van der Waals surface area contributed by atoms with Crippen LogP contribution in [0.25, 0.3) is 0 Å². The van der Waals surface area contributed by atoms with E-state index in [1.807, 2.05) is 0 Å². The van der Waals surface area contributed by atoms with Gasteiger partial charge in [0.15, 0.2) is 0 Å². The Balaban J connectivity index is 2.03. The fourth-order valence-electron chi connectivity index (χ4n) is 1.53. The minimum atomic E-state index is -0.956. The van der Waals surface area contributed by atoms with Crippen LogP contribution in [0.4, 0.5) is 9.18 Å². The second-order valence-corrected chi connectivity index (χ2v) is 3.78. The summed E-state index contributed by atoms with van der Waals surface area (Å²) in [5.41, 5.74) is 8.68. The maximum atomic E-state index is 12.7. The number of rotatable bonds is 3. The molecule has 1 heterocycles. The average molecular weight is 253 g/mol. The average Bonchev–Trinajstić information content (AvgIpc) is 2.78. The maximum Gasteiger partial charge on any atom is 0.338 e. The van der Waals surface area contributed by atoms with Crippen molar-refractivity contribution >= 4 is 6.03 Å². The fraction of sp³-hybridized carbons (Fsp3) is 0.182. The first-order valence-electron chi connectivity index (χ1n) is 5.20. The van der Waals surface area contributed by atoms with Crippen LogP contribution in [-0.4, -0.2) is 22.8 Å². The van der Waals surface area contributed by atoms with Gasteiger partial charge in [0.05, 0.1) is 12.2 Å². The largest absolute Gasteiger partial charge is 0.350 e. The van der Waals surface area contributed by atoms with E-state index >= 15 is 0 Å². The molecule has 0 fully saturated rings. The zero-order valence-corrected chi connectivity index (χ0v) is 9.34. The molecule has 1 aliphatic heterocycles. The first kappa shape index (κ1) is 12.3. The highest BCUT2D eigenvalue weighted by Crippen LogP contribution is 2.24. The number of hydroxylamine groups is 3. The number of carbonyl (C=O) groups excluding carboxylic acids is 1. The molecule has 2 rings (SSSR count). The molecular weight excluding hydrogens is 241 g/mol. The van der Waals surface area contributed by atoms with E-state index in [4.69, 9.17) is 15.8 Å². The summed E-state index contributed by atoms with van der Waals surface area (Å²) in [7, 11) is 0. The zero-order valence-electron chi connectivity index (χ0n) is 9.34. The summed E-state index contributed by atoms with van der Waals surface area (Å²) in [4.78, 5) is 15.9. The third-order valence-corrected chi connectivity index (χ3v) is 2.44. The van der Waals surface area contributed by atoms with Crippen LogP contribution in [0.2, 0.25) is 0 Å².